The van der Waals surface area contributed by atoms with E-state index in [-0.39, 0.29) is 11.2 Å². The number of hydrogen-bond acceptors (Lipinski definition) is 6. The molecule has 3 heterocycles. The summed E-state index contributed by atoms with van der Waals surface area (Å²) in [6.45, 7) is 4.20. The largest absolute Gasteiger partial charge is 0.467 e. The summed E-state index contributed by atoms with van der Waals surface area (Å²) in [5.41, 5.74) is 1.59. The minimum absolute atomic E-state index is 0.0566. The summed E-state index contributed by atoms with van der Waals surface area (Å²) in [4.78, 5) is 21.9. The summed E-state index contributed by atoms with van der Waals surface area (Å²) in [6, 6.07) is 11.5. The van der Waals surface area contributed by atoms with Crippen LogP contribution in [-0.2, 0) is 11.3 Å². The number of thioether (sulfide) groups is 1. The van der Waals surface area contributed by atoms with Crippen molar-refractivity contribution in [2.45, 2.75) is 37.2 Å². The maximum atomic E-state index is 12.6. The number of nitrogens with one attached hydrogen (secondary N) is 1. The van der Waals surface area contributed by atoms with E-state index in [1.54, 1.807) is 16.8 Å². The minimum atomic E-state index is -0.290. The van der Waals surface area contributed by atoms with Crippen molar-refractivity contribution in [3.05, 3.63) is 54.2 Å². The lowest BCUT2D eigenvalue weighted by molar-refractivity contribution is -0.120. The number of furan rings is 1. The van der Waals surface area contributed by atoms with E-state index in [0.717, 1.165) is 22.3 Å². The zero-order chi connectivity index (χ0) is 18.8. The molecule has 4 rings (SSSR count). The second kappa shape index (κ2) is 7.40. The van der Waals surface area contributed by atoms with Gasteiger partial charge in [0, 0.05) is 5.39 Å². The SMILES string of the molecule is CC[C@H](Sc1nc2ccccc2c2nc(C)nn12)C(=O)NCc1ccco1. The van der Waals surface area contributed by atoms with Gasteiger partial charge in [-0.2, -0.15) is 4.52 Å². The quantitative estimate of drug-likeness (QED) is 0.407. The van der Waals surface area contributed by atoms with Crippen molar-refractivity contribution in [3.8, 4) is 0 Å². The average Bonchev–Trinajstić information content (AvgIpc) is 3.33. The van der Waals surface area contributed by atoms with Gasteiger partial charge in [0.25, 0.3) is 0 Å². The predicted molar refractivity (Wildman–Crippen MR) is 104 cm³/mol. The molecule has 4 aromatic rings. The van der Waals surface area contributed by atoms with Crippen LogP contribution in [0.25, 0.3) is 16.6 Å². The van der Waals surface area contributed by atoms with Gasteiger partial charge in [0.05, 0.1) is 23.6 Å². The highest BCUT2D eigenvalue weighted by Crippen LogP contribution is 2.28. The van der Waals surface area contributed by atoms with E-state index in [1.165, 1.54) is 11.8 Å². The van der Waals surface area contributed by atoms with Crippen LogP contribution in [0.15, 0.2) is 52.2 Å². The fraction of sp³-hybridized carbons (Fsp3) is 0.263. The summed E-state index contributed by atoms with van der Waals surface area (Å²) in [5, 5.41) is 8.70. The van der Waals surface area contributed by atoms with Crippen LogP contribution in [0.3, 0.4) is 0 Å². The molecule has 0 spiro atoms. The lowest BCUT2D eigenvalue weighted by Crippen LogP contribution is -2.32. The minimum Gasteiger partial charge on any atom is -0.467 e. The van der Waals surface area contributed by atoms with Gasteiger partial charge in [-0.25, -0.2) is 9.97 Å². The smallest absolute Gasteiger partial charge is 0.233 e. The number of nitrogens with zero attached hydrogens (tertiary/aromatic N) is 4. The Kier molecular flexibility index (Phi) is 4.81. The third kappa shape index (κ3) is 3.52. The number of hydrogen-bond donors (Lipinski definition) is 1. The number of fused-ring (bicyclic) bond motifs is 3. The van der Waals surface area contributed by atoms with Crippen molar-refractivity contribution in [1.29, 1.82) is 0 Å². The molecule has 0 unspecified atom stereocenters. The molecule has 138 valence electrons. The zero-order valence-electron chi connectivity index (χ0n) is 15.0. The lowest BCUT2D eigenvalue weighted by atomic mass is 10.2. The Labute approximate surface area is 160 Å². The van der Waals surface area contributed by atoms with Crippen LogP contribution in [0.5, 0.6) is 0 Å². The predicted octanol–water partition coefficient (Wildman–Crippen LogP) is 3.37. The van der Waals surface area contributed by atoms with Gasteiger partial charge in [0.1, 0.15) is 11.6 Å². The molecule has 0 aliphatic rings. The lowest BCUT2D eigenvalue weighted by Gasteiger charge is -2.14. The molecule has 0 aliphatic heterocycles. The summed E-state index contributed by atoms with van der Waals surface area (Å²) in [6.07, 6.45) is 2.26. The number of aryl methyl sites for hydroxylation is 1. The molecule has 1 amide bonds. The van der Waals surface area contributed by atoms with Crippen LogP contribution in [0.4, 0.5) is 0 Å². The van der Waals surface area contributed by atoms with Crippen molar-refractivity contribution >= 4 is 34.2 Å². The number of carbonyl (C=O) groups excluding carboxylic acids is 1. The summed E-state index contributed by atoms with van der Waals surface area (Å²) < 4.78 is 6.99. The van der Waals surface area contributed by atoms with Crippen LogP contribution in [-0.4, -0.2) is 30.7 Å². The highest BCUT2D eigenvalue weighted by Gasteiger charge is 2.22. The first kappa shape index (κ1) is 17.5. The van der Waals surface area contributed by atoms with E-state index in [0.29, 0.717) is 23.9 Å². The number of benzene rings is 1. The molecule has 27 heavy (non-hydrogen) atoms. The van der Waals surface area contributed by atoms with E-state index >= 15 is 0 Å². The topological polar surface area (TPSA) is 85.3 Å². The van der Waals surface area contributed by atoms with Crippen LogP contribution < -0.4 is 5.32 Å². The first-order valence-electron chi connectivity index (χ1n) is 8.74. The molecule has 0 radical (unpaired) electrons. The molecule has 7 nitrogen and oxygen atoms in total. The molecular weight excluding hydrogens is 362 g/mol. The Morgan fingerprint density at radius 2 is 2.11 bits per heavy atom. The molecule has 1 atom stereocenters. The molecule has 0 saturated carbocycles. The first-order chi connectivity index (χ1) is 13.2. The third-order valence-corrected chi connectivity index (χ3v) is 5.49. The molecular formula is C19H19N5O2S. The van der Waals surface area contributed by atoms with Crippen LogP contribution in [0.1, 0.15) is 24.9 Å². The van der Waals surface area contributed by atoms with Crippen LogP contribution >= 0.6 is 11.8 Å². The third-order valence-electron chi connectivity index (χ3n) is 4.18. The van der Waals surface area contributed by atoms with Gasteiger partial charge >= 0.3 is 0 Å². The normalized spacial score (nSPS) is 12.5. The Bertz CT molecular complexity index is 1090. The van der Waals surface area contributed by atoms with Crippen molar-refractivity contribution in [3.63, 3.8) is 0 Å². The van der Waals surface area contributed by atoms with Gasteiger partial charge in [-0.1, -0.05) is 30.8 Å². The monoisotopic (exact) mass is 381 g/mol. The Hall–Kier alpha value is -2.87. The fourth-order valence-corrected chi connectivity index (χ4v) is 3.85. The molecule has 0 bridgehead atoms. The van der Waals surface area contributed by atoms with Gasteiger partial charge in [0.15, 0.2) is 10.8 Å². The molecule has 0 fully saturated rings. The molecule has 1 aromatic carbocycles. The Balaban J connectivity index is 1.63. The number of para-hydroxylation sites is 1. The summed E-state index contributed by atoms with van der Waals surface area (Å²) in [7, 11) is 0. The maximum Gasteiger partial charge on any atom is 0.233 e. The van der Waals surface area contributed by atoms with E-state index in [1.807, 2.05) is 44.2 Å². The molecule has 0 saturated heterocycles. The highest BCUT2D eigenvalue weighted by molar-refractivity contribution is 8.00. The zero-order valence-corrected chi connectivity index (χ0v) is 15.9. The van der Waals surface area contributed by atoms with Gasteiger partial charge in [-0.05, 0) is 37.6 Å². The second-order valence-electron chi connectivity index (χ2n) is 6.12. The number of amides is 1. The standard InChI is InChI=1S/C19H19N5O2S/c1-3-16(18(25)20-11-13-7-6-10-26-13)27-19-22-15-9-5-4-8-14(15)17-21-12(2)23-24(17)19/h4-10,16H,3,11H2,1-2H3,(H,20,25)/t16-/m0/s1. The van der Waals surface area contributed by atoms with E-state index < -0.39 is 0 Å². The summed E-state index contributed by atoms with van der Waals surface area (Å²) in [5.74, 6) is 1.34. The Morgan fingerprint density at radius 1 is 1.26 bits per heavy atom. The van der Waals surface area contributed by atoms with Crippen LogP contribution in [0.2, 0.25) is 0 Å². The van der Waals surface area contributed by atoms with Gasteiger partial charge in [-0.15, -0.1) is 5.10 Å². The van der Waals surface area contributed by atoms with Crippen molar-refractivity contribution in [2.75, 3.05) is 0 Å². The molecule has 0 aliphatic carbocycles. The van der Waals surface area contributed by atoms with E-state index in [9.17, 15) is 4.79 Å². The van der Waals surface area contributed by atoms with E-state index in [2.05, 4.69) is 15.4 Å². The number of rotatable bonds is 6. The Morgan fingerprint density at radius 3 is 2.89 bits per heavy atom. The number of aromatic nitrogens is 4. The highest BCUT2D eigenvalue weighted by atomic mass is 32.2. The fourth-order valence-electron chi connectivity index (χ4n) is 2.86. The number of carbonyl (C=O) groups is 1. The van der Waals surface area contributed by atoms with Gasteiger partial charge < -0.3 is 9.73 Å². The van der Waals surface area contributed by atoms with Crippen molar-refractivity contribution in [2.24, 2.45) is 0 Å². The second-order valence-corrected chi connectivity index (χ2v) is 7.29. The van der Waals surface area contributed by atoms with Crippen LogP contribution in [0, 0.1) is 6.92 Å². The van der Waals surface area contributed by atoms with E-state index in [4.69, 9.17) is 9.40 Å². The average molecular weight is 381 g/mol. The van der Waals surface area contributed by atoms with Crippen molar-refractivity contribution in [1.82, 2.24) is 24.9 Å². The van der Waals surface area contributed by atoms with Gasteiger partial charge in [-0.3, -0.25) is 4.79 Å². The molecule has 1 N–H and O–H groups in total. The first-order valence-corrected chi connectivity index (χ1v) is 9.62. The van der Waals surface area contributed by atoms with Crippen molar-refractivity contribution < 1.29 is 9.21 Å². The van der Waals surface area contributed by atoms with Gasteiger partial charge in [0.2, 0.25) is 5.91 Å². The molecule has 8 heteroatoms. The molecule has 3 aromatic heterocycles. The summed E-state index contributed by atoms with van der Waals surface area (Å²) >= 11 is 1.40. The maximum absolute atomic E-state index is 12.6.